The number of benzene rings is 2. The van der Waals surface area contributed by atoms with E-state index in [0.29, 0.717) is 12.1 Å². The second kappa shape index (κ2) is 8.68. The molecular weight excluding hydrogens is 451 g/mol. The van der Waals surface area contributed by atoms with E-state index in [1.54, 1.807) is 0 Å². The largest absolute Gasteiger partial charge is 0.416 e. The van der Waals surface area contributed by atoms with E-state index in [4.69, 9.17) is 9.47 Å². The Labute approximate surface area is 176 Å². The first-order valence-corrected chi connectivity index (χ1v) is 9.10. The Kier molecular flexibility index (Phi) is 6.50. The van der Waals surface area contributed by atoms with Crippen molar-refractivity contribution in [3.05, 3.63) is 70.5 Å². The fourth-order valence-electron chi connectivity index (χ4n) is 3.15. The molecular formula is C20H16F7NO4. The Morgan fingerprint density at radius 2 is 1.56 bits per heavy atom. The molecule has 0 spiro atoms. The minimum Gasteiger partial charge on any atom is -0.342 e. The van der Waals surface area contributed by atoms with Crippen molar-refractivity contribution in [2.75, 3.05) is 6.61 Å². The van der Waals surface area contributed by atoms with E-state index in [1.165, 1.54) is 19.1 Å². The summed E-state index contributed by atoms with van der Waals surface area (Å²) >= 11 is 0. The van der Waals surface area contributed by atoms with E-state index < -0.39 is 65.8 Å². The molecule has 3 atom stereocenters. The molecule has 0 bridgehead atoms. The van der Waals surface area contributed by atoms with Crippen molar-refractivity contribution >= 4 is 5.91 Å². The molecule has 1 saturated heterocycles. The summed E-state index contributed by atoms with van der Waals surface area (Å²) in [6.45, 7) is 0.542. The van der Waals surface area contributed by atoms with Crippen LogP contribution in [0.25, 0.3) is 0 Å². The van der Waals surface area contributed by atoms with Gasteiger partial charge in [-0.15, -0.1) is 0 Å². The number of hydrogen-bond donors (Lipinski definition) is 1. The van der Waals surface area contributed by atoms with Gasteiger partial charge in [0.25, 0.3) is 5.91 Å². The van der Waals surface area contributed by atoms with Crippen LogP contribution in [-0.2, 0) is 26.6 Å². The molecule has 3 unspecified atom stereocenters. The van der Waals surface area contributed by atoms with Crippen LogP contribution in [-0.4, -0.2) is 29.1 Å². The maximum Gasteiger partial charge on any atom is 0.416 e. The van der Waals surface area contributed by atoms with Crippen molar-refractivity contribution < 1.29 is 50.2 Å². The lowest BCUT2D eigenvalue weighted by Gasteiger charge is -2.38. The molecule has 1 N–H and O–H groups in total. The predicted octanol–water partition coefficient (Wildman–Crippen LogP) is 5.26. The molecule has 1 heterocycles. The Bertz CT molecular complexity index is 943. The van der Waals surface area contributed by atoms with Gasteiger partial charge in [-0.1, -0.05) is 12.1 Å². The van der Waals surface area contributed by atoms with Gasteiger partial charge in [0.15, 0.2) is 6.29 Å². The highest BCUT2D eigenvalue weighted by Crippen LogP contribution is 2.39. The predicted molar refractivity (Wildman–Crippen MR) is 93.5 cm³/mol. The van der Waals surface area contributed by atoms with E-state index in [0.717, 1.165) is 12.1 Å². The van der Waals surface area contributed by atoms with Crippen molar-refractivity contribution in [2.45, 2.75) is 37.7 Å². The number of hydroxylamine groups is 2. The summed E-state index contributed by atoms with van der Waals surface area (Å²) in [5, 5.41) is 10.4. The monoisotopic (exact) mass is 467 g/mol. The van der Waals surface area contributed by atoms with Gasteiger partial charge in [-0.2, -0.15) is 26.3 Å². The molecule has 174 valence electrons. The maximum atomic E-state index is 13.2. The number of morpholine rings is 1. The van der Waals surface area contributed by atoms with Gasteiger partial charge in [0.05, 0.1) is 17.2 Å². The Hall–Kier alpha value is -2.70. The standard InChI is InChI=1S/C20H16F7NO4/c1-10(12-6-13(19(22,23)24)8-14(7-12)20(25,26)27)32-18-17(28(30)16(29)9-31-18)11-2-4-15(21)5-3-11/h2-8,10,17-18,30H,9H2,1H3. The summed E-state index contributed by atoms with van der Waals surface area (Å²) in [4.78, 5) is 11.8. The van der Waals surface area contributed by atoms with Gasteiger partial charge in [0.2, 0.25) is 0 Å². The van der Waals surface area contributed by atoms with Gasteiger partial charge in [0, 0.05) is 0 Å². The number of carbonyl (C=O) groups is 1. The second-order valence-corrected chi connectivity index (χ2v) is 7.03. The quantitative estimate of drug-likeness (QED) is 0.493. The number of halogens is 7. The third-order valence-electron chi connectivity index (χ3n) is 4.78. The van der Waals surface area contributed by atoms with Crippen LogP contribution in [0.1, 0.15) is 41.3 Å². The summed E-state index contributed by atoms with van der Waals surface area (Å²) in [5.41, 5.74) is -3.32. The zero-order chi connectivity index (χ0) is 23.8. The highest BCUT2D eigenvalue weighted by atomic mass is 19.4. The Morgan fingerprint density at radius 1 is 1.03 bits per heavy atom. The van der Waals surface area contributed by atoms with Crippen molar-refractivity contribution in [3.63, 3.8) is 0 Å². The number of alkyl halides is 6. The fourth-order valence-corrected chi connectivity index (χ4v) is 3.15. The molecule has 1 aliphatic rings. The average Bonchev–Trinajstić information content (AvgIpc) is 2.70. The van der Waals surface area contributed by atoms with Gasteiger partial charge < -0.3 is 9.47 Å². The lowest BCUT2D eigenvalue weighted by Crippen LogP contribution is -2.48. The molecule has 1 aliphatic heterocycles. The number of rotatable bonds is 4. The highest BCUT2D eigenvalue weighted by molar-refractivity contribution is 5.77. The zero-order valence-electron chi connectivity index (χ0n) is 16.2. The molecule has 5 nitrogen and oxygen atoms in total. The third-order valence-corrected chi connectivity index (χ3v) is 4.78. The molecule has 1 amide bonds. The molecule has 32 heavy (non-hydrogen) atoms. The summed E-state index contributed by atoms with van der Waals surface area (Å²) in [6, 6.07) is 4.18. The van der Waals surface area contributed by atoms with Crippen molar-refractivity contribution in [1.82, 2.24) is 5.06 Å². The molecule has 2 aromatic carbocycles. The van der Waals surface area contributed by atoms with Gasteiger partial charge in [-0.25, -0.2) is 9.45 Å². The normalized spacial score (nSPS) is 21.0. The van der Waals surface area contributed by atoms with Crippen LogP contribution >= 0.6 is 0 Å². The molecule has 0 aliphatic carbocycles. The smallest absolute Gasteiger partial charge is 0.342 e. The van der Waals surface area contributed by atoms with Crippen LogP contribution in [0.15, 0.2) is 42.5 Å². The summed E-state index contributed by atoms with van der Waals surface area (Å²) in [5.74, 6) is -1.49. The number of ether oxygens (including phenoxy) is 2. The maximum absolute atomic E-state index is 13.2. The molecule has 12 heteroatoms. The van der Waals surface area contributed by atoms with Crippen LogP contribution in [0.2, 0.25) is 0 Å². The van der Waals surface area contributed by atoms with Crippen LogP contribution in [0, 0.1) is 5.82 Å². The van der Waals surface area contributed by atoms with Crippen LogP contribution in [0.3, 0.4) is 0 Å². The van der Waals surface area contributed by atoms with Gasteiger partial charge in [-0.05, 0) is 48.4 Å². The van der Waals surface area contributed by atoms with Gasteiger partial charge in [-0.3, -0.25) is 10.0 Å². The van der Waals surface area contributed by atoms with Crippen molar-refractivity contribution in [2.24, 2.45) is 0 Å². The van der Waals surface area contributed by atoms with Crippen molar-refractivity contribution in [1.29, 1.82) is 0 Å². The van der Waals surface area contributed by atoms with Crippen molar-refractivity contribution in [3.8, 4) is 0 Å². The molecule has 0 aromatic heterocycles. The van der Waals surface area contributed by atoms with Crippen LogP contribution in [0.5, 0.6) is 0 Å². The van der Waals surface area contributed by atoms with Crippen LogP contribution < -0.4 is 0 Å². The SMILES string of the molecule is CC(OC1OCC(=O)N(O)C1c1ccc(F)cc1)c1cc(C(F)(F)F)cc(C(F)(F)F)c1. The zero-order valence-corrected chi connectivity index (χ0v) is 16.2. The van der Waals surface area contributed by atoms with Gasteiger partial charge >= 0.3 is 12.4 Å². The fraction of sp³-hybridized carbons (Fsp3) is 0.350. The highest BCUT2D eigenvalue weighted by Gasteiger charge is 2.41. The van der Waals surface area contributed by atoms with E-state index in [2.05, 4.69) is 0 Å². The molecule has 0 radical (unpaired) electrons. The third kappa shape index (κ3) is 5.19. The Balaban J connectivity index is 1.94. The van der Waals surface area contributed by atoms with E-state index in [-0.39, 0.29) is 16.7 Å². The lowest BCUT2D eigenvalue weighted by atomic mass is 10.0. The average molecular weight is 467 g/mol. The topological polar surface area (TPSA) is 59.0 Å². The van der Waals surface area contributed by atoms with E-state index >= 15 is 0 Å². The lowest BCUT2D eigenvalue weighted by molar-refractivity contribution is -0.275. The first-order valence-electron chi connectivity index (χ1n) is 9.10. The Morgan fingerprint density at radius 3 is 2.06 bits per heavy atom. The molecule has 1 fully saturated rings. The molecule has 3 rings (SSSR count). The number of hydrogen-bond acceptors (Lipinski definition) is 4. The minimum absolute atomic E-state index is 0.0111. The van der Waals surface area contributed by atoms with E-state index in [9.17, 15) is 40.7 Å². The minimum atomic E-state index is -5.04. The second-order valence-electron chi connectivity index (χ2n) is 7.03. The molecule has 0 saturated carbocycles. The summed E-state index contributed by atoms with van der Waals surface area (Å²) in [7, 11) is 0. The summed E-state index contributed by atoms with van der Waals surface area (Å²) < 4.78 is 103. The van der Waals surface area contributed by atoms with Gasteiger partial charge in [0.1, 0.15) is 18.5 Å². The number of nitrogens with zero attached hydrogens (tertiary/aromatic N) is 1. The van der Waals surface area contributed by atoms with E-state index in [1.807, 2.05) is 0 Å². The number of carbonyl (C=O) groups excluding carboxylic acids is 1. The van der Waals surface area contributed by atoms with Crippen LogP contribution in [0.4, 0.5) is 30.7 Å². The first-order chi connectivity index (χ1) is 14.8. The summed E-state index contributed by atoms with van der Waals surface area (Å²) in [6.07, 6.45) is -12.9. The first kappa shape index (κ1) is 24.0. The number of amides is 1. The molecule has 2 aromatic rings.